The highest BCUT2D eigenvalue weighted by molar-refractivity contribution is 8.13. The molecule has 0 fully saturated rings. The molecule has 1 atom stereocenters. The Labute approximate surface area is 200 Å². The first kappa shape index (κ1) is 25.0. The first-order valence-electron chi connectivity index (χ1n) is 12.0. The van der Waals surface area contributed by atoms with Gasteiger partial charge in [0.25, 0.3) is 8.32 Å². The van der Waals surface area contributed by atoms with Crippen LogP contribution in [0.15, 0.2) is 77.8 Å². The molecule has 0 N–H and O–H groups in total. The summed E-state index contributed by atoms with van der Waals surface area (Å²) in [6, 6.07) is 22.3. The molecular weight excluding hydrogens is 426 g/mol. The fourth-order valence-electron chi connectivity index (χ4n) is 4.78. The van der Waals surface area contributed by atoms with E-state index in [0.717, 1.165) is 6.42 Å². The zero-order chi connectivity index (χ0) is 22.9. The van der Waals surface area contributed by atoms with Gasteiger partial charge >= 0.3 is 0 Å². The van der Waals surface area contributed by atoms with Crippen molar-refractivity contribution in [1.82, 2.24) is 0 Å². The summed E-state index contributed by atoms with van der Waals surface area (Å²) in [4.78, 5) is 4.90. The minimum absolute atomic E-state index is 0.0253. The number of rotatable bonds is 9. The maximum atomic E-state index is 6.92. The van der Waals surface area contributed by atoms with Gasteiger partial charge in [-0.2, -0.15) is 0 Å². The lowest BCUT2D eigenvalue weighted by Crippen LogP contribution is -2.66. The van der Waals surface area contributed by atoms with Crippen LogP contribution in [0.5, 0.6) is 0 Å². The molecular formula is C28H39NOSSi. The molecule has 0 saturated heterocycles. The molecule has 172 valence electrons. The van der Waals surface area contributed by atoms with Crippen LogP contribution in [-0.4, -0.2) is 32.3 Å². The van der Waals surface area contributed by atoms with Crippen molar-refractivity contribution in [3.8, 4) is 0 Å². The lowest BCUT2D eigenvalue weighted by Gasteiger charge is -2.42. The van der Waals surface area contributed by atoms with Crippen LogP contribution in [0.4, 0.5) is 0 Å². The smallest absolute Gasteiger partial charge is 0.261 e. The Balaban J connectivity index is 1.65. The number of allylic oxidation sites excluding steroid dienone is 1. The van der Waals surface area contributed by atoms with E-state index in [-0.39, 0.29) is 5.04 Å². The van der Waals surface area contributed by atoms with Crippen LogP contribution in [0.3, 0.4) is 0 Å². The highest BCUT2D eigenvalue weighted by Gasteiger charge is 2.49. The quantitative estimate of drug-likeness (QED) is 0.236. The predicted octanol–water partition coefficient (Wildman–Crippen LogP) is 6.60. The lowest BCUT2D eigenvalue weighted by atomic mass is 10.0. The van der Waals surface area contributed by atoms with Gasteiger partial charge in [-0.15, -0.1) is 11.8 Å². The predicted molar refractivity (Wildman–Crippen MR) is 145 cm³/mol. The number of benzene rings is 2. The van der Waals surface area contributed by atoms with E-state index in [1.54, 1.807) is 0 Å². The zero-order valence-electron chi connectivity index (χ0n) is 20.2. The summed E-state index contributed by atoms with van der Waals surface area (Å²) in [5.74, 6) is 0. The van der Waals surface area contributed by atoms with Crippen LogP contribution in [0.1, 0.15) is 59.3 Å². The molecule has 1 aliphatic heterocycles. The third-order valence-electron chi connectivity index (χ3n) is 6.38. The van der Waals surface area contributed by atoms with E-state index in [1.165, 1.54) is 47.5 Å². The van der Waals surface area contributed by atoms with Gasteiger partial charge in [0.05, 0.1) is 17.7 Å². The topological polar surface area (TPSA) is 21.6 Å². The Morgan fingerprint density at radius 2 is 1.62 bits per heavy atom. The van der Waals surface area contributed by atoms with Gasteiger partial charge < -0.3 is 4.43 Å². The maximum Gasteiger partial charge on any atom is 0.261 e. The summed E-state index contributed by atoms with van der Waals surface area (Å²) >= 11 is 1.82. The second-order valence-electron chi connectivity index (χ2n) is 9.65. The van der Waals surface area contributed by atoms with E-state index in [0.29, 0.717) is 12.6 Å². The average molecular weight is 466 g/mol. The number of hydrogen-bond acceptors (Lipinski definition) is 3. The van der Waals surface area contributed by atoms with Gasteiger partial charge in [-0.1, -0.05) is 93.6 Å². The van der Waals surface area contributed by atoms with Crippen molar-refractivity contribution in [3.63, 3.8) is 0 Å². The minimum Gasteiger partial charge on any atom is -0.404 e. The first-order valence-corrected chi connectivity index (χ1v) is 15.1. The largest absolute Gasteiger partial charge is 0.404 e. The van der Waals surface area contributed by atoms with Crippen molar-refractivity contribution in [1.29, 1.82) is 0 Å². The standard InChI is InChI=1S/C28H39NOSSi/c1-28(2,3)32(25-18-10-7-11-19-25,26-20-12-8-13-21-26)30-23-14-6-5-9-16-24-17-15-22-27(29-24)31-4/h6-8,10-14,18-21,24H,5,9,15-17,22-23H2,1-4H3/b14-6-. The Morgan fingerprint density at radius 1 is 1.00 bits per heavy atom. The van der Waals surface area contributed by atoms with Crippen molar-refractivity contribution in [2.75, 3.05) is 12.9 Å². The number of aliphatic imine (C=N–C) groups is 1. The van der Waals surface area contributed by atoms with Gasteiger partial charge in [-0.25, -0.2) is 0 Å². The molecule has 2 aromatic carbocycles. The summed E-state index contributed by atoms with van der Waals surface area (Å²) in [5, 5.41) is 4.05. The number of nitrogens with zero attached hydrogens (tertiary/aromatic N) is 1. The molecule has 1 unspecified atom stereocenters. The number of hydrogen-bond donors (Lipinski definition) is 0. The van der Waals surface area contributed by atoms with E-state index >= 15 is 0 Å². The average Bonchev–Trinajstić information content (AvgIpc) is 2.81. The molecule has 0 radical (unpaired) electrons. The van der Waals surface area contributed by atoms with Gasteiger partial charge in [0.15, 0.2) is 0 Å². The molecule has 4 heteroatoms. The van der Waals surface area contributed by atoms with Crippen molar-refractivity contribution in [3.05, 3.63) is 72.8 Å². The molecule has 3 rings (SSSR count). The Hall–Kier alpha value is -1.62. The van der Waals surface area contributed by atoms with Gasteiger partial charge in [0, 0.05) is 0 Å². The third kappa shape index (κ3) is 6.24. The monoisotopic (exact) mass is 465 g/mol. The summed E-state index contributed by atoms with van der Waals surface area (Å²) < 4.78 is 6.92. The SMILES string of the molecule is CSC1=NC(CCC/C=C\CO[Si](c2ccccc2)(c2ccccc2)C(C)(C)C)CCC1. The highest BCUT2D eigenvalue weighted by atomic mass is 32.2. The molecule has 0 aromatic heterocycles. The molecule has 0 spiro atoms. The highest BCUT2D eigenvalue weighted by Crippen LogP contribution is 2.36. The lowest BCUT2D eigenvalue weighted by molar-refractivity contribution is 0.339. The van der Waals surface area contributed by atoms with Crippen LogP contribution < -0.4 is 10.4 Å². The van der Waals surface area contributed by atoms with Crippen molar-refractivity contribution < 1.29 is 4.43 Å². The number of unbranched alkanes of at least 4 members (excludes halogenated alkanes) is 1. The van der Waals surface area contributed by atoms with E-state index in [2.05, 4.69) is 99.8 Å². The molecule has 2 aromatic rings. The second kappa shape index (κ2) is 12.0. The van der Waals surface area contributed by atoms with Gasteiger partial charge in [0.1, 0.15) is 0 Å². The Morgan fingerprint density at radius 3 is 2.19 bits per heavy atom. The maximum absolute atomic E-state index is 6.92. The fourth-order valence-corrected chi connectivity index (χ4v) is 9.88. The molecule has 0 bridgehead atoms. The second-order valence-corrected chi connectivity index (χ2v) is 14.8. The Kier molecular flexibility index (Phi) is 9.39. The summed E-state index contributed by atoms with van der Waals surface area (Å²) in [7, 11) is -2.43. The molecule has 0 aliphatic carbocycles. The molecule has 0 saturated carbocycles. The molecule has 1 aliphatic rings. The molecule has 2 nitrogen and oxygen atoms in total. The van der Waals surface area contributed by atoms with Gasteiger partial charge in [-0.05, 0) is 60.2 Å². The van der Waals surface area contributed by atoms with Gasteiger partial charge in [-0.3, -0.25) is 4.99 Å². The summed E-state index contributed by atoms with van der Waals surface area (Å²) in [5.41, 5.74) is 0. The van der Waals surface area contributed by atoms with Crippen molar-refractivity contribution in [2.45, 2.75) is 70.4 Å². The zero-order valence-corrected chi connectivity index (χ0v) is 22.0. The third-order valence-corrected chi connectivity index (χ3v) is 12.2. The normalized spacial score (nSPS) is 17.5. The van der Waals surface area contributed by atoms with E-state index in [4.69, 9.17) is 9.42 Å². The van der Waals surface area contributed by atoms with Crippen molar-refractivity contribution >= 4 is 35.5 Å². The van der Waals surface area contributed by atoms with Crippen LogP contribution >= 0.6 is 11.8 Å². The van der Waals surface area contributed by atoms with Crippen LogP contribution in [-0.2, 0) is 4.43 Å². The molecule has 0 amide bonds. The van der Waals surface area contributed by atoms with E-state index < -0.39 is 8.32 Å². The van der Waals surface area contributed by atoms with Crippen LogP contribution in [0.25, 0.3) is 0 Å². The van der Waals surface area contributed by atoms with Gasteiger partial charge in [0.2, 0.25) is 0 Å². The van der Waals surface area contributed by atoms with Crippen LogP contribution in [0, 0.1) is 0 Å². The van der Waals surface area contributed by atoms with Crippen LogP contribution in [0.2, 0.25) is 5.04 Å². The molecule has 32 heavy (non-hydrogen) atoms. The number of thioether (sulfide) groups is 1. The van der Waals surface area contributed by atoms with Crippen molar-refractivity contribution in [2.24, 2.45) is 4.99 Å². The van der Waals surface area contributed by atoms with E-state index in [1.807, 2.05) is 11.8 Å². The summed E-state index contributed by atoms with van der Waals surface area (Å²) in [6.07, 6.45) is 13.9. The van der Waals surface area contributed by atoms with E-state index in [9.17, 15) is 0 Å². The molecule has 1 heterocycles. The Bertz CT molecular complexity index is 834. The summed E-state index contributed by atoms with van der Waals surface area (Å²) in [6.45, 7) is 7.65. The fraction of sp³-hybridized carbons (Fsp3) is 0.464. The minimum atomic E-state index is -2.43. The first-order chi connectivity index (χ1) is 15.5.